The second-order valence-corrected chi connectivity index (χ2v) is 4.43. The van der Waals surface area contributed by atoms with Crippen LogP contribution in [0.1, 0.15) is 30.9 Å². The minimum atomic E-state index is -0.575. The molecule has 0 aromatic heterocycles. The topological polar surface area (TPSA) is 23.5 Å². The van der Waals surface area contributed by atoms with E-state index in [4.69, 9.17) is 0 Å². The molecular weight excluding hydrogens is 205 g/mol. The van der Waals surface area contributed by atoms with Gasteiger partial charge in [-0.1, -0.05) is 18.6 Å². The highest BCUT2D eigenvalue weighted by Crippen LogP contribution is 2.17. The van der Waals surface area contributed by atoms with E-state index in [1.807, 2.05) is 0 Å². The smallest absolute Gasteiger partial charge is 0.123 e. The van der Waals surface area contributed by atoms with Gasteiger partial charge in [0.1, 0.15) is 5.82 Å². The number of aliphatic hydroxyl groups excluding tert-OH is 1. The zero-order chi connectivity index (χ0) is 11.4. The first-order valence-electron chi connectivity index (χ1n) is 5.91. The van der Waals surface area contributed by atoms with Crippen LogP contribution in [0.15, 0.2) is 24.3 Å². The van der Waals surface area contributed by atoms with Gasteiger partial charge in [-0.3, -0.25) is 0 Å². The van der Waals surface area contributed by atoms with Crippen LogP contribution in [0.4, 0.5) is 4.39 Å². The lowest BCUT2D eigenvalue weighted by Gasteiger charge is -2.28. The van der Waals surface area contributed by atoms with E-state index in [0.717, 1.165) is 13.1 Å². The molecule has 1 saturated heterocycles. The molecule has 1 unspecified atom stereocenters. The van der Waals surface area contributed by atoms with Gasteiger partial charge < -0.3 is 10.0 Å². The van der Waals surface area contributed by atoms with Crippen LogP contribution in [-0.2, 0) is 0 Å². The summed E-state index contributed by atoms with van der Waals surface area (Å²) in [4.78, 5) is 2.25. The van der Waals surface area contributed by atoms with E-state index >= 15 is 0 Å². The van der Waals surface area contributed by atoms with Crippen molar-refractivity contribution in [3.63, 3.8) is 0 Å². The minimum Gasteiger partial charge on any atom is -0.387 e. The van der Waals surface area contributed by atoms with Crippen LogP contribution in [0.25, 0.3) is 0 Å². The Morgan fingerprint density at radius 3 is 2.69 bits per heavy atom. The highest BCUT2D eigenvalue weighted by atomic mass is 19.1. The van der Waals surface area contributed by atoms with Crippen LogP contribution in [0, 0.1) is 5.82 Å². The number of halogens is 1. The average Bonchev–Trinajstić information content (AvgIpc) is 2.30. The molecule has 1 atom stereocenters. The molecule has 2 nitrogen and oxygen atoms in total. The molecule has 1 heterocycles. The molecule has 0 radical (unpaired) electrons. The molecular formula is C13H18FNO. The van der Waals surface area contributed by atoms with Crippen molar-refractivity contribution in [2.45, 2.75) is 25.4 Å². The molecule has 1 aromatic rings. The van der Waals surface area contributed by atoms with Crippen LogP contribution >= 0.6 is 0 Å². The van der Waals surface area contributed by atoms with E-state index in [9.17, 15) is 9.50 Å². The summed E-state index contributed by atoms with van der Waals surface area (Å²) in [6, 6.07) is 6.23. The third-order valence-electron chi connectivity index (χ3n) is 3.11. The lowest BCUT2D eigenvalue weighted by atomic mass is 10.1. The largest absolute Gasteiger partial charge is 0.387 e. The third-order valence-corrected chi connectivity index (χ3v) is 3.11. The number of rotatable bonds is 3. The second-order valence-electron chi connectivity index (χ2n) is 4.43. The summed E-state index contributed by atoms with van der Waals surface area (Å²) >= 11 is 0. The first-order chi connectivity index (χ1) is 7.75. The van der Waals surface area contributed by atoms with Crippen molar-refractivity contribution in [3.8, 4) is 0 Å². The van der Waals surface area contributed by atoms with Gasteiger partial charge in [0, 0.05) is 6.54 Å². The Morgan fingerprint density at radius 2 is 2.00 bits per heavy atom. The van der Waals surface area contributed by atoms with Gasteiger partial charge in [-0.25, -0.2) is 4.39 Å². The van der Waals surface area contributed by atoms with E-state index in [-0.39, 0.29) is 5.82 Å². The molecule has 1 fully saturated rings. The Labute approximate surface area is 95.7 Å². The number of nitrogens with zero attached hydrogens (tertiary/aromatic N) is 1. The van der Waals surface area contributed by atoms with Gasteiger partial charge in [0.15, 0.2) is 0 Å². The predicted octanol–water partition coefficient (Wildman–Crippen LogP) is 2.35. The molecule has 1 N–H and O–H groups in total. The average molecular weight is 223 g/mol. The Bertz CT molecular complexity index is 336. The summed E-state index contributed by atoms with van der Waals surface area (Å²) < 4.78 is 13.0. The summed E-state index contributed by atoms with van der Waals surface area (Å²) in [5, 5.41) is 9.99. The molecule has 0 bridgehead atoms. The van der Waals surface area contributed by atoms with Gasteiger partial charge >= 0.3 is 0 Å². The molecule has 0 aliphatic carbocycles. The Balaban J connectivity index is 1.94. The predicted molar refractivity (Wildman–Crippen MR) is 61.7 cm³/mol. The molecule has 3 heteroatoms. The molecule has 1 aliphatic heterocycles. The Morgan fingerprint density at radius 1 is 1.25 bits per heavy atom. The maximum Gasteiger partial charge on any atom is 0.123 e. The van der Waals surface area contributed by atoms with Gasteiger partial charge in [-0.15, -0.1) is 0 Å². The van der Waals surface area contributed by atoms with E-state index in [1.165, 1.54) is 31.4 Å². The van der Waals surface area contributed by atoms with Gasteiger partial charge in [0.05, 0.1) is 6.10 Å². The number of hydrogen-bond donors (Lipinski definition) is 1. The van der Waals surface area contributed by atoms with Gasteiger partial charge in [0.2, 0.25) is 0 Å². The minimum absolute atomic E-state index is 0.282. The first-order valence-corrected chi connectivity index (χ1v) is 5.91. The first kappa shape index (κ1) is 11.6. The van der Waals surface area contributed by atoms with Crippen LogP contribution in [-0.4, -0.2) is 29.6 Å². The van der Waals surface area contributed by atoms with Crippen molar-refractivity contribution in [3.05, 3.63) is 35.6 Å². The molecule has 0 spiro atoms. The number of hydrogen-bond acceptors (Lipinski definition) is 2. The van der Waals surface area contributed by atoms with Crippen molar-refractivity contribution < 1.29 is 9.50 Å². The fraction of sp³-hybridized carbons (Fsp3) is 0.538. The summed E-state index contributed by atoms with van der Waals surface area (Å²) in [5.74, 6) is -0.282. The van der Waals surface area contributed by atoms with Crippen molar-refractivity contribution in [1.29, 1.82) is 0 Å². The zero-order valence-electron chi connectivity index (χ0n) is 9.40. The molecule has 16 heavy (non-hydrogen) atoms. The fourth-order valence-corrected chi connectivity index (χ4v) is 2.21. The normalized spacial score (nSPS) is 19.6. The molecule has 1 aromatic carbocycles. The number of likely N-dealkylation sites (tertiary alicyclic amines) is 1. The summed E-state index contributed by atoms with van der Waals surface area (Å²) in [7, 11) is 0. The van der Waals surface area contributed by atoms with Gasteiger partial charge in [0.25, 0.3) is 0 Å². The van der Waals surface area contributed by atoms with E-state index in [2.05, 4.69) is 4.90 Å². The van der Waals surface area contributed by atoms with Crippen molar-refractivity contribution in [1.82, 2.24) is 4.90 Å². The third kappa shape index (κ3) is 3.03. The molecule has 0 saturated carbocycles. The standard InChI is InChI=1S/C13H18FNO/c14-12-6-4-5-11(9-12)13(16)10-15-7-2-1-3-8-15/h4-6,9,13,16H,1-3,7-8,10H2. The highest BCUT2D eigenvalue weighted by molar-refractivity contribution is 5.19. The molecule has 0 amide bonds. The Hall–Kier alpha value is -0.930. The Kier molecular flexibility index (Phi) is 3.91. The van der Waals surface area contributed by atoms with Gasteiger partial charge in [-0.05, 0) is 43.6 Å². The second kappa shape index (κ2) is 5.41. The van der Waals surface area contributed by atoms with Crippen molar-refractivity contribution in [2.75, 3.05) is 19.6 Å². The van der Waals surface area contributed by atoms with Crippen LogP contribution in [0.2, 0.25) is 0 Å². The lowest BCUT2D eigenvalue weighted by Crippen LogP contribution is -2.33. The highest BCUT2D eigenvalue weighted by Gasteiger charge is 2.15. The van der Waals surface area contributed by atoms with Crippen molar-refractivity contribution in [2.24, 2.45) is 0 Å². The summed E-state index contributed by atoms with van der Waals surface area (Å²) in [6.07, 6.45) is 3.12. The van der Waals surface area contributed by atoms with Crippen LogP contribution < -0.4 is 0 Å². The number of benzene rings is 1. The van der Waals surface area contributed by atoms with E-state index in [0.29, 0.717) is 12.1 Å². The SMILES string of the molecule is OC(CN1CCCCC1)c1cccc(F)c1. The number of aliphatic hydroxyl groups is 1. The molecule has 88 valence electrons. The number of β-amino-alcohol motifs (C(OH)–C–C–N with tert-alkyl or cyclic N) is 1. The van der Waals surface area contributed by atoms with Gasteiger partial charge in [-0.2, -0.15) is 0 Å². The van der Waals surface area contributed by atoms with Crippen LogP contribution in [0.5, 0.6) is 0 Å². The summed E-state index contributed by atoms with van der Waals surface area (Å²) in [5.41, 5.74) is 0.672. The monoisotopic (exact) mass is 223 g/mol. The quantitative estimate of drug-likeness (QED) is 0.850. The van der Waals surface area contributed by atoms with E-state index < -0.39 is 6.10 Å². The lowest BCUT2D eigenvalue weighted by molar-refractivity contribution is 0.101. The van der Waals surface area contributed by atoms with Crippen LogP contribution in [0.3, 0.4) is 0 Å². The van der Waals surface area contributed by atoms with Crippen molar-refractivity contribution >= 4 is 0 Å². The maximum absolute atomic E-state index is 13.0. The molecule has 2 rings (SSSR count). The van der Waals surface area contributed by atoms with E-state index in [1.54, 1.807) is 12.1 Å². The zero-order valence-corrected chi connectivity index (χ0v) is 9.40. The fourth-order valence-electron chi connectivity index (χ4n) is 2.21. The maximum atomic E-state index is 13.0. The molecule has 1 aliphatic rings. The summed E-state index contributed by atoms with van der Waals surface area (Å²) in [6.45, 7) is 2.71. The number of piperidine rings is 1.